The summed E-state index contributed by atoms with van der Waals surface area (Å²) in [6.07, 6.45) is -4.63. The first-order valence-corrected chi connectivity index (χ1v) is 6.67. The highest BCUT2D eigenvalue weighted by Crippen LogP contribution is 2.22. The summed E-state index contributed by atoms with van der Waals surface area (Å²) in [4.78, 5) is 3.50. The number of nitrogens with zero attached hydrogens (tertiary/aromatic N) is 2. The number of benzene rings is 1. The van der Waals surface area contributed by atoms with Crippen LogP contribution in [0.5, 0.6) is 0 Å². The first-order valence-electron chi connectivity index (χ1n) is 6.67. The summed E-state index contributed by atoms with van der Waals surface area (Å²) < 4.78 is 36.9. The molecule has 1 fully saturated rings. The molecule has 1 aliphatic rings. The Morgan fingerprint density at radius 1 is 1.10 bits per heavy atom. The normalized spacial score (nSPS) is 19.1. The summed E-state index contributed by atoms with van der Waals surface area (Å²) in [5, 5.41) is 9.44. The molecule has 6 heteroatoms. The van der Waals surface area contributed by atoms with Crippen molar-refractivity contribution in [3.63, 3.8) is 0 Å². The van der Waals surface area contributed by atoms with Crippen molar-refractivity contribution in [2.24, 2.45) is 0 Å². The van der Waals surface area contributed by atoms with Gasteiger partial charge >= 0.3 is 6.18 Å². The first kappa shape index (κ1) is 15.1. The number of alkyl halides is 3. The smallest absolute Gasteiger partial charge is 0.389 e. The van der Waals surface area contributed by atoms with Gasteiger partial charge in [-0.25, -0.2) is 0 Å². The van der Waals surface area contributed by atoms with Gasteiger partial charge in [0.25, 0.3) is 0 Å². The molecule has 2 rings (SSSR count). The predicted molar refractivity (Wildman–Crippen MR) is 71.8 cm³/mol. The van der Waals surface area contributed by atoms with Crippen LogP contribution < -0.4 is 4.90 Å². The molecular weight excluding hydrogens is 269 g/mol. The highest BCUT2D eigenvalue weighted by molar-refractivity contribution is 5.48. The van der Waals surface area contributed by atoms with Crippen LogP contribution in [-0.2, 0) is 0 Å². The standard InChI is InChI=1S/C14H19F3N2O/c1-11(20)12-2-4-13(5-3-12)19-8-6-18(7-9-19)10-14(15,16)17/h2-5,11,20H,6-10H2,1H3. The Labute approximate surface area is 116 Å². The van der Waals surface area contributed by atoms with E-state index in [0.717, 1.165) is 11.3 Å². The molecule has 0 aliphatic carbocycles. The van der Waals surface area contributed by atoms with Crippen LogP contribution in [0, 0.1) is 0 Å². The van der Waals surface area contributed by atoms with E-state index in [4.69, 9.17) is 0 Å². The molecular formula is C14H19F3N2O. The second-order valence-electron chi connectivity index (χ2n) is 5.15. The fourth-order valence-corrected chi connectivity index (χ4v) is 2.38. The Balaban J connectivity index is 1.90. The van der Waals surface area contributed by atoms with Crippen LogP contribution in [0.4, 0.5) is 18.9 Å². The Kier molecular flexibility index (Phi) is 4.55. The number of aliphatic hydroxyl groups is 1. The zero-order valence-corrected chi connectivity index (χ0v) is 11.4. The SMILES string of the molecule is CC(O)c1ccc(N2CCN(CC(F)(F)F)CC2)cc1. The minimum atomic E-state index is -4.12. The van der Waals surface area contributed by atoms with Crippen LogP contribution >= 0.6 is 0 Å². The molecule has 0 spiro atoms. The Hall–Kier alpha value is -1.27. The summed E-state index contributed by atoms with van der Waals surface area (Å²) in [5.41, 5.74) is 1.82. The van der Waals surface area contributed by atoms with E-state index in [-0.39, 0.29) is 0 Å². The average molecular weight is 288 g/mol. The number of hydrogen-bond donors (Lipinski definition) is 1. The van der Waals surface area contributed by atoms with E-state index in [1.165, 1.54) is 4.90 Å². The summed E-state index contributed by atoms with van der Waals surface area (Å²) >= 11 is 0. The number of halogens is 3. The van der Waals surface area contributed by atoms with Crippen molar-refractivity contribution < 1.29 is 18.3 Å². The molecule has 1 N–H and O–H groups in total. The molecule has 3 nitrogen and oxygen atoms in total. The van der Waals surface area contributed by atoms with E-state index in [2.05, 4.69) is 4.90 Å². The lowest BCUT2D eigenvalue weighted by Gasteiger charge is -2.36. The van der Waals surface area contributed by atoms with Crippen LogP contribution in [0.2, 0.25) is 0 Å². The Morgan fingerprint density at radius 2 is 1.65 bits per heavy atom. The third kappa shape index (κ3) is 4.11. The van der Waals surface area contributed by atoms with E-state index in [0.29, 0.717) is 26.2 Å². The van der Waals surface area contributed by atoms with Crippen molar-refractivity contribution in [2.45, 2.75) is 19.2 Å². The highest BCUT2D eigenvalue weighted by atomic mass is 19.4. The van der Waals surface area contributed by atoms with E-state index in [1.54, 1.807) is 6.92 Å². The highest BCUT2D eigenvalue weighted by Gasteiger charge is 2.32. The minimum absolute atomic E-state index is 0.414. The molecule has 20 heavy (non-hydrogen) atoms. The number of piperazine rings is 1. The van der Waals surface area contributed by atoms with Gasteiger partial charge < -0.3 is 10.0 Å². The third-order valence-electron chi connectivity index (χ3n) is 3.52. The van der Waals surface area contributed by atoms with Crippen LogP contribution in [0.15, 0.2) is 24.3 Å². The average Bonchev–Trinajstić information content (AvgIpc) is 2.38. The molecule has 1 heterocycles. The molecule has 1 atom stereocenters. The zero-order valence-electron chi connectivity index (χ0n) is 11.4. The van der Waals surface area contributed by atoms with Gasteiger partial charge in [0.05, 0.1) is 12.6 Å². The molecule has 0 radical (unpaired) electrons. The van der Waals surface area contributed by atoms with Crippen molar-refractivity contribution in [1.82, 2.24) is 4.90 Å². The fourth-order valence-electron chi connectivity index (χ4n) is 2.38. The number of hydrogen-bond acceptors (Lipinski definition) is 3. The van der Waals surface area contributed by atoms with Crippen molar-refractivity contribution in [2.75, 3.05) is 37.6 Å². The molecule has 0 aromatic heterocycles. The monoisotopic (exact) mass is 288 g/mol. The summed E-state index contributed by atoms with van der Waals surface area (Å²) in [7, 11) is 0. The Bertz CT molecular complexity index is 423. The van der Waals surface area contributed by atoms with Crippen LogP contribution in [-0.4, -0.2) is 48.9 Å². The maximum Gasteiger partial charge on any atom is 0.401 e. The van der Waals surface area contributed by atoms with Gasteiger partial charge in [-0.15, -0.1) is 0 Å². The quantitative estimate of drug-likeness (QED) is 0.925. The minimum Gasteiger partial charge on any atom is -0.389 e. The van der Waals surface area contributed by atoms with Crippen molar-refractivity contribution in [1.29, 1.82) is 0 Å². The van der Waals surface area contributed by atoms with Crippen molar-refractivity contribution in [3.05, 3.63) is 29.8 Å². The second kappa shape index (κ2) is 6.01. The predicted octanol–water partition coefficient (Wildman–Crippen LogP) is 2.42. The van der Waals surface area contributed by atoms with Gasteiger partial charge in [0.2, 0.25) is 0 Å². The van der Waals surface area contributed by atoms with Crippen LogP contribution in [0.1, 0.15) is 18.6 Å². The molecule has 112 valence electrons. The lowest BCUT2D eigenvalue weighted by atomic mass is 10.1. The summed E-state index contributed by atoms with van der Waals surface area (Å²) in [6.45, 7) is 2.87. The largest absolute Gasteiger partial charge is 0.401 e. The summed E-state index contributed by atoms with van der Waals surface area (Å²) in [6, 6.07) is 7.51. The van der Waals surface area contributed by atoms with E-state index in [9.17, 15) is 18.3 Å². The molecule has 1 aromatic rings. The van der Waals surface area contributed by atoms with Gasteiger partial charge in [0.15, 0.2) is 0 Å². The first-order chi connectivity index (χ1) is 9.35. The number of aliphatic hydroxyl groups excluding tert-OH is 1. The van der Waals surface area contributed by atoms with Gasteiger partial charge in [-0.3, -0.25) is 4.90 Å². The molecule has 0 saturated carbocycles. The second-order valence-corrected chi connectivity index (χ2v) is 5.15. The van der Waals surface area contributed by atoms with Gasteiger partial charge in [0, 0.05) is 31.9 Å². The van der Waals surface area contributed by atoms with Crippen LogP contribution in [0.3, 0.4) is 0 Å². The third-order valence-corrected chi connectivity index (χ3v) is 3.52. The van der Waals surface area contributed by atoms with Crippen molar-refractivity contribution in [3.8, 4) is 0 Å². The Morgan fingerprint density at radius 3 is 2.10 bits per heavy atom. The van der Waals surface area contributed by atoms with E-state index in [1.807, 2.05) is 24.3 Å². The number of anilines is 1. The molecule has 0 amide bonds. The van der Waals surface area contributed by atoms with Crippen LogP contribution in [0.25, 0.3) is 0 Å². The van der Waals surface area contributed by atoms with Crippen molar-refractivity contribution >= 4 is 5.69 Å². The van der Waals surface area contributed by atoms with Gasteiger partial charge in [-0.2, -0.15) is 13.2 Å². The summed E-state index contributed by atoms with van der Waals surface area (Å²) in [5.74, 6) is 0. The van der Waals surface area contributed by atoms with Gasteiger partial charge in [0.1, 0.15) is 0 Å². The molecule has 1 saturated heterocycles. The molecule has 1 aliphatic heterocycles. The maximum absolute atomic E-state index is 12.3. The zero-order chi connectivity index (χ0) is 14.8. The molecule has 1 unspecified atom stereocenters. The topological polar surface area (TPSA) is 26.7 Å². The van der Waals surface area contributed by atoms with Gasteiger partial charge in [-0.1, -0.05) is 12.1 Å². The van der Waals surface area contributed by atoms with E-state index >= 15 is 0 Å². The number of rotatable bonds is 3. The fraction of sp³-hybridized carbons (Fsp3) is 0.571. The molecule has 0 bridgehead atoms. The molecule has 1 aromatic carbocycles. The maximum atomic E-state index is 12.3. The van der Waals surface area contributed by atoms with Gasteiger partial charge in [-0.05, 0) is 24.6 Å². The lowest BCUT2D eigenvalue weighted by molar-refractivity contribution is -0.146. The van der Waals surface area contributed by atoms with E-state index < -0.39 is 18.8 Å². The lowest BCUT2D eigenvalue weighted by Crippen LogP contribution is -2.49.